The summed E-state index contributed by atoms with van der Waals surface area (Å²) in [7, 11) is 0. The number of likely N-dealkylation sites (N-methyl/N-ethyl adjacent to an activating group) is 1. The van der Waals surface area contributed by atoms with E-state index in [2.05, 4.69) is 15.9 Å². The van der Waals surface area contributed by atoms with Gasteiger partial charge in [0.1, 0.15) is 11.5 Å². The first kappa shape index (κ1) is 16.6. The second-order valence-electron chi connectivity index (χ2n) is 5.02. The van der Waals surface area contributed by atoms with Crippen molar-refractivity contribution in [3.8, 4) is 5.75 Å². The molecule has 1 heterocycles. The fourth-order valence-electron chi connectivity index (χ4n) is 2.20. The van der Waals surface area contributed by atoms with E-state index >= 15 is 0 Å². The molecule has 1 aromatic carbocycles. The second kappa shape index (κ2) is 7.47. The van der Waals surface area contributed by atoms with Crippen LogP contribution in [-0.4, -0.2) is 28.5 Å². The number of aromatic hydroxyl groups is 1. The maximum Gasteiger partial charge on any atom is 0.240 e. The summed E-state index contributed by atoms with van der Waals surface area (Å²) < 4.78 is 6.07. The quantitative estimate of drug-likeness (QED) is 0.823. The van der Waals surface area contributed by atoms with E-state index in [1.54, 1.807) is 41.5 Å². The number of rotatable bonds is 6. The average molecular weight is 367 g/mol. The molecule has 0 bridgehead atoms. The minimum Gasteiger partial charge on any atom is -0.508 e. The molecule has 0 saturated carbocycles. The Morgan fingerprint density at radius 2 is 2.23 bits per heavy atom. The van der Waals surface area contributed by atoms with E-state index < -0.39 is 6.04 Å². The minimum absolute atomic E-state index is 0.161. The molecule has 0 aliphatic rings. The lowest BCUT2D eigenvalue weighted by Gasteiger charge is -2.24. The number of halogens is 1. The van der Waals surface area contributed by atoms with Crippen molar-refractivity contribution >= 4 is 21.8 Å². The maximum atomic E-state index is 12.5. The summed E-state index contributed by atoms with van der Waals surface area (Å²) >= 11 is 3.36. The Bertz CT molecular complexity index is 628. The number of phenolic OH excluding ortho intramolecular Hbond substituents is 1. The average Bonchev–Trinajstić information content (AvgIpc) is 3.00. The summed E-state index contributed by atoms with van der Waals surface area (Å²) in [6, 6.07) is 8.04. The van der Waals surface area contributed by atoms with Crippen LogP contribution in [0, 0.1) is 0 Å². The molecule has 3 N–H and O–H groups in total. The van der Waals surface area contributed by atoms with Crippen molar-refractivity contribution in [3.63, 3.8) is 0 Å². The Hall–Kier alpha value is -1.79. The molecular formula is C16H19BrN2O3. The van der Waals surface area contributed by atoms with Crippen LogP contribution < -0.4 is 5.73 Å². The lowest BCUT2D eigenvalue weighted by molar-refractivity contribution is -0.133. The molecule has 2 rings (SSSR count). The van der Waals surface area contributed by atoms with E-state index in [0.717, 1.165) is 4.47 Å². The maximum absolute atomic E-state index is 12.5. The van der Waals surface area contributed by atoms with E-state index in [9.17, 15) is 9.90 Å². The Labute approximate surface area is 137 Å². The number of benzene rings is 1. The number of amides is 1. The lowest BCUT2D eigenvalue weighted by Crippen LogP contribution is -2.44. The number of nitrogens with two attached hydrogens (primary N) is 1. The number of nitrogens with zero attached hydrogens (tertiary/aromatic N) is 1. The largest absolute Gasteiger partial charge is 0.508 e. The van der Waals surface area contributed by atoms with Gasteiger partial charge >= 0.3 is 0 Å². The van der Waals surface area contributed by atoms with Crippen LogP contribution in [-0.2, 0) is 17.8 Å². The van der Waals surface area contributed by atoms with Gasteiger partial charge in [0.05, 0.1) is 12.3 Å². The van der Waals surface area contributed by atoms with E-state index in [-0.39, 0.29) is 11.7 Å². The first-order valence-electron chi connectivity index (χ1n) is 7.05. The third-order valence-corrected chi connectivity index (χ3v) is 3.91. The Morgan fingerprint density at radius 1 is 1.45 bits per heavy atom. The smallest absolute Gasteiger partial charge is 0.240 e. The monoisotopic (exact) mass is 366 g/mol. The molecule has 0 aliphatic heterocycles. The number of hydrogen-bond acceptors (Lipinski definition) is 4. The van der Waals surface area contributed by atoms with Gasteiger partial charge in [0.2, 0.25) is 5.91 Å². The zero-order valence-electron chi connectivity index (χ0n) is 12.3. The number of carbonyl (C=O) groups excluding carboxylic acids is 1. The van der Waals surface area contributed by atoms with Crippen molar-refractivity contribution in [3.05, 3.63) is 52.4 Å². The molecular weight excluding hydrogens is 348 g/mol. The number of carbonyl (C=O) groups is 1. The van der Waals surface area contributed by atoms with Crippen molar-refractivity contribution in [2.24, 2.45) is 5.73 Å². The molecule has 1 amide bonds. The molecule has 0 aliphatic carbocycles. The zero-order chi connectivity index (χ0) is 16.1. The van der Waals surface area contributed by atoms with Gasteiger partial charge in [-0.15, -0.1) is 0 Å². The second-order valence-corrected chi connectivity index (χ2v) is 5.93. The van der Waals surface area contributed by atoms with Gasteiger partial charge < -0.3 is 20.2 Å². The predicted molar refractivity (Wildman–Crippen MR) is 87.3 cm³/mol. The summed E-state index contributed by atoms with van der Waals surface area (Å²) in [5.74, 6) is 0.675. The van der Waals surface area contributed by atoms with Gasteiger partial charge in [-0.3, -0.25) is 4.79 Å². The van der Waals surface area contributed by atoms with Gasteiger partial charge in [-0.25, -0.2) is 0 Å². The number of hydrogen-bond donors (Lipinski definition) is 2. The predicted octanol–water partition coefficient (Wildman–Crippen LogP) is 2.67. The van der Waals surface area contributed by atoms with E-state index in [0.29, 0.717) is 30.8 Å². The van der Waals surface area contributed by atoms with Crippen LogP contribution in [0.2, 0.25) is 0 Å². The van der Waals surface area contributed by atoms with Crippen molar-refractivity contribution in [2.45, 2.75) is 25.9 Å². The normalized spacial score (nSPS) is 12.1. The molecule has 5 nitrogen and oxygen atoms in total. The molecule has 0 saturated heterocycles. The molecule has 1 aromatic heterocycles. The highest BCUT2D eigenvalue weighted by Crippen LogP contribution is 2.23. The van der Waals surface area contributed by atoms with E-state index in [1.807, 2.05) is 6.92 Å². The van der Waals surface area contributed by atoms with Gasteiger partial charge in [-0.1, -0.05) is 15.9 Å². The molecule has 0 fully saturated rings. The molecule has 0 spiro atoms. The molecule has 118 valence electrons. The summed E-state index contributed by atoms with van der Waals surface area (Å²) in [6.07, 6.45) is 1.91. The van der Waals surface area contributed by atoms with Crippen molar-refractivity contribution in [2.75, 3.05) is 6.54 Å². The zero-order valence-corrected chi connectivity index (χ0v) is 13.9. The van der Waals surface area contributed by atoms with Gasteiger partial charge in [0.25, 0.3) is 0 Å². The van der Waals surface area contributed by atoms with Crippen LogP contribution in [0.1, 0.15) is 18.2 Å². The summed E-state index contributed by atoms with van der Waals surface area (Å²) in [5.41, 5.74) is 6.66. The summed E-state index contributed by atoms with van der Waals surface area (Å²) in [4.78, 5) is 14.1. The van der Waals surface area contributed by atoms with Gasteiger partial charge in [-0.05, 0) is 37.3 Å². The number of phenols is 1. The Balaban J connectivity index is 2.06. The first-order chi connectivity index (χ1) is 10.5. The minimum atomic E-state index is -0.666. The van der Waals surface area contributed by atoms with Crippen LogP contribution in [0.3, 0.4) is 0 Å². The highest BCUT2D eigenvalue weighted by molar-refractivity contribution is 9.10. The Kier molecular flexibility index (Phi) is 5.63. The van der Waals surface area contributed by atoms with Gasteiger partial charge in [-0.2, -0.15) is 0 Å². The molecule has 2 aromatic rings. The molecule has 1 unspecified atom stereocenters. The van der Waals surface area contributed by atoms with Crippen LogP contribution in [0.25, 0.3) is 0 Å². The summed E-state index contributed by atoms with van der Waals surface area (Å²) in [5, 5.41) is 9.90. The van der Waals surface area contributed by atoms with Crippen molar-refractivity contribution in [1.29, 1.82) is 0 Å². The van der Waals surface area contributed by atoms with Crippen LogP contribution in [0.15, 0.2) is 45.5 Å². The topological polar surface area (TPSA) is 79.7 Å². The van der Waals surface area contributed by atoms with E-state index in [1.165, 1.54) is 0 Å². The van der Waals surface area contributed by atoms with Gasteiger partial charge in [0, 0.05) is 29.5 Å². The van der Waals surface area contributed by atoms with E-state index in [4.69, 9.17) is 10.2 Å². The third-order valence-electron chi connectivity index (χ3n) is 3.41. The standard InChI is InChI=1S/C16H19BrN2O3/c1-2-19(10-11-8-12(17)5-6-15(11)20)16(21)14(18)9-13-4-3-7-22-13/h3-8,14,20H,2,9-10,18H2,1H3. The molecule has 0 radical (unpaired) electrons. The third kappa shape index (κ3) is 4.11. The van der Waals surface area contributed by atoms with Crippen molar-refractivity contribution < 1.29 is 14.3 Å². The fourth-order valence-corrected chi connectivity index (χ4v) is 2.61. The Morgan fingerprint density at radius 3 is 2.86 bits per heavy atom. The van der Waals surface area contributed by atoms with Crippen LogP contribution in [0.5, 0.6) is 5.75 Å². The molecule has 1 atom stereocenters. The van der Waals surface area contributed by atoms with Crippen LogP contribution in [0.4, 0.5) is 0 Å². The molecule has 6 heteroatoms. The molecule has 22 heavy (non-hydrogen) atoms. The lowest BCUT2D eigenvalue weighted by atomic mass is 10.1. The highest BCUT2D eigenvalue weighted by Gasteiger charge is 2.22. The first-order valence-corrected chi connectivity index (χ1v) is 7.84. The summed E-state index contributed by atoms with van der Waals surface area (Å²) in [6.45, 7) is 2.70. The van der Waals surface area contributed by atoms with Crippen molar-refractivity contribution in [1.82, 2.24) is 4.90 Å². The van der Waals surface area contributed by atoms with Crippen LogP contribution >= 0.6 is 15.9 Å². The number of furan rings is 1. The van der Waals surface area contributed by atoms with Gasteiger partial charge in [0.15, 0.2) is 0 Å². The fraction of sp³-hybridized carbons (Fsp3) is 0.312. The SMILES string of the molecule is CCN(Cc1cc(Br)ccc1O)C(=O)C(N)Cc1ccco1. The highest BCUT2D eigenvalue weighted by atomic mass is 79.9.